The lowest BCUT2D eigenvalue weighted by Gasteiger charge is -2.06. The minimum atomic E-state index is 0.597. The van der Waals surface area contributed by atoms with Crippen LogP contribution in [0.15, 0.2) is 23.3 Å². The zero-order valence-electron chi connectivity index (χ0n) is 7.10. The van der Waals surface area contributed by atoms with Crippen molar-refractivity contribution in [1.29, 1.82) is 0 Å². The van der Waals surface area contributed by atoms with Gasteiger partial charge in [0.25, 0.3) is 0 Å². The second-order valence-electron chi connectivity index (χ2n) is 2.45. The Balaban J connectivity index is 3.09. The molecule has 0 saturated heterocycles. The number of methoxy groups -OCH3 is 1. The highest BCUT2D eigenvalue weighted by atomic mass is 79.9. The summed E-state index contributed by atoms with van der Waals surface area (Å²) in [5.41, 5.74) is 1.86. The van der Waals surface area contributed by atoms with Crippen LogP contribution in [0.25, 0.3) is 5.76 Å². The van der Waals surface area contributed by atoms with Gasteiger partial charge in [-0.3, -0.25) is 4.98 Å². The minimum absolute atomic E-state index is 0.597. The monoisotopic (exact) mass is 227 g/mol. The van der Waals surface area contributed by atoms with Gasteiger partial charge in [-0.25, -0.2) is 0 Å². The van der Waals surface area contributed by atoms with Crippen molar-refractivity contribution in [2.75, 3.05) is 7.11 Å². The van der Waals surface area contributed by atoms with Crippen molar-refractivity contribution in [3.05, 3.63) is 34.6 Å². The van der Waals surface area contributed by atoms with Gasteiger partial charge in [-0.1, -0.05) is 6.58 Å². The van der Waals surface area contributed by atoms with Gasteiger partial charge in [0, 0.05) is 10.7 Å². The van der Waals surface area contributed by atoms with Crippen LogP contribution in [0.1, 0.15) is 11.3 Å². The molecule has 0 N–H and O–H groups in total. The molecule has 12 heavy (non-hydrogen) atoms. The standard InChI is InChI=1S/C9H10BrNO/c1-6-4-8(10)5-11-9(6)7(2)12-3/h4-5H,2H2,1,3H3. The Labute approximate surface area is 80.4 Å². The Bertz CT molecular complexity index is 309. The third-order valence-corrected chi connectivity index (χ3v) is 1.99. The van der Waals surface area contributed by atoms with Gasteiger partial charge >= 0.3 is 0 Å². The van der Waals surface area contributed by atoms with E-state index >= 15 is 0 Å². The lowest BCUT2D eigenvalue weighted by molar-refractivity contribution is 0.369. The molecule has 64 valence electrons. The largest absolute Gasteiger partial charge is 0.495 e. The zero-order valence-corrected chi connectivity index (χ0v) is 8.68. The maximum atomic E-state index is 4.98. The molecule has 2 nitrogen and oxygen atoms in total. The summed E-state index contributed by atoms with van der Waals surface area (Å²) < 4.78 is 5.95. The van der Waals surface area contributed by atoms with Crippen LogP contribution in [0.2, 0.25) is 0 Å². The number of nitrogens with zero attached hydrogens (tertiary/aromatic N) is 1. The maximum absolute atomic E-state index is 4.98. The van der Waals surface area contributed by atoms with Crippen molar-refractivity contribution in [1.82, 2.24) is 4.98 Å². The number of ether oxygens (including phenoxy) is 1. The van der Waals surface area contributed by atoms with Crippen molar-refractivity contribution >= 4 is 21.7 Å². The first-order chi connectivity index (χ1) is 5.65. The van der Waals surface area contributed by atoms with Gasteiger partial charge in [-0.2, -0.15) is 0 Å². The Hall–Kier alpha value is -0.830. The van der Waals surface area contributed by atoms with Gasteiger partial charge in [-0.15, -0.1) is 0 Å². The van der Waals surface area contributed by atoms with Crippen molar-refractivity contribution in [3.8, 4) is 0 Å². The Morgan fingerprint density at radius 3 is 2.83 bits per heavy atom. The first-order valence-corrected chi connectivity index (χ1v) is 4.30. The third kappa shape index (κ3) is 1.85. The summed E-state index contributed by atoms with van der Waals surface area (Å²) in [5, 5.41) is 0. The van der Waals surface area contributed by atoms with E-state index in [1.54, 1.807) is 13.3 Å². The molecule has 1 aromatic heterocycles. The van der Waals surface area contributed by atoms with Crippen molar-refractivity contribution in [2.24, 2.45) is 0 Å². The topological polar surface area (TPSA) is 22.1 Å². The molecule has 0 aromatic carbocycles. The van der Waals surface area contributed by atoms with Crippen LogP contribution in [0.4, 0.5) is 0 Å². The summed E-state index contributed by atoms with van der Waals surface area (Å²) in [4.78, 5) is 4.18. The highest BCUT2D eigenvalue weighted by molar-refractivity contribution is 9.10. The Morgan fingerprint density at radius 1 is 1.67 bits per heavy atom. The van der Waals surface area contributed by atoms with Crippen LogP contribution in [0.5, 0.6) is 0 Å². The average Bonchev–Trinajstić information content (AvgIpc) is 2.03. The molecular weight excluding hydrogens is 218 g/mol. The predicted molar refractivity (Wildman–Crippen MR) is 52.7 cm³/mol. The van der Waals surface area contributed by atoms with E-state index in [2.05, 4.69) is 27.5 Å². The second kappa shape index (κ2) is 3.72. The van der Waals surface area contributed by atoms with Crippen LogP contribution < -0.4 is 0 Å². The van der Waals surface area contributed by atoms with E-state index in [4.69, 9.17) is 4.74 Å². The number of hydrogen-bond acceptors (Lipinski definition) is 2. The molecule has 0 saturated carbocycles. The summed E-state index contributed by atoms with van der Waals surface area (Å²) >= 11 is 3.33. The van der Waals surface area contributed by atoms with Crippen LogP contribution in [0, 0.1) is 6.92 Å². The van der Waals surface area contributed by atoms with Crippen LogP contribution in [-0.2, 0) is 4.74 Å². The Kier molecular flexibility index (Phi) is 2.87. The van der Waals surface area contributed by atoms with Crippen molar-refractivity contribution in [2.45, 2.75) is 6.92 Å². The number of halogens is 1. The lowest BCUT2D eigenvalue weighted by atomic mass is 10.2. The molecule has 0 aliphatic carbocycles. The fourth-order valence-corrected chi connectivity index (χ4v) is 1.37. The lowest BCUT2D eigenvalue weighted by Crippen LogP contribution is -1.93. The molecule has 3 heteroatoms. The average molecular weight is 228 g/mol. The fourth-order valence-electron chi connectivity index (χ4n) is 0.929. The summed E-state index contributed by atoms with van der Waals surface area (Å²) in [5.74, 6) is 0.597. The molecule has 0 fully saturated rings. The van der Waals surface area contributed by atoms with Gasteiger partial charge in [-0.05, 0) is 34.5 Å². The van der Waals surface area contributed by atoms with Crippen LogP contribution in [-0.4, -0.2) is 12.1 Å². The molecule has 1 aromatic rings. The first-order valence-electron chi connectivity index (χ1n) is 3.50. The second-order valence-corrected chi connectivity index (χ2v) is 3.36. The van der Waals surface area contributed by atoms with E-state index < -0.39 is 0 Å². The Morgan fingerprint density at radius 2 is 2.33 bits per heavy atom. The molecule has 0 radical (unpaired) electrons. The zero-order chi connectivity index (χ0) is 9.14. The van der Waals surface area contributed by atoms with Crippen LogP contribution in [0.3, 0.4) is 0 Å². The van der Waals surface area contributed by atoms with Crippen molar-refractivity contribution < 1.29 is 4.74 Å². The number of aryl methyl sites for hydroxylation is 1. The summed E-state index contributed by atoms with van der Waals surface area (Å²) in [6, 6.07) is 1.98. The number of rotatable bonds is 2. The quantitative estimate of drug-likeness (QED) is 0.726. The van der Waals surface area contributed by atoms with Gasteiger partial charge in [0.05, 0.1) is 7.11 Å². The molecule has 0 unspecified atom stereocenters. The maximum Gasteiger partial charge on any atom is 0.137 e. The highest BCUT2D eigenvalue weighted by Gasteiger charge is 2.03. The SMILES string of the molecule is C=C(OC)c1ncc(Br)cc1C. The van der Waals surface area contributed by atoms with Crippen LogP contribution >= 0.6 is 15.9 Å². The molecule has 0 aliphatic heterocycles. The van der Waals surface area contributed by atoms with E-state index in [-0.39, 0.29) is 0 Å². The summed E-state index contributed by atoms with van der Waals surface area (Å²) in [6.07, 6.45) is 1.73. The first kappa shape index (κ1) is 9.26. The van der Waals surface area contributed by atoms with Gasteiger partial charge in [0.1, 0.15) is 11.5 Å². The molecule has 0 spiro atoms. The molecule has 0 aliphatic rings. The minimum Gasteiger partial charge on any atom is -0.495 e. The van der Waals surface area contributed by atoms with E-state index in [0.717, 1.165) is 15.7 Å². The van der Waals surface area contributed by atoms with Gasteiger partial charge < -0.3 is 4.74 Å². The molecule has 1 rings (SSSR count). The molecular formula is C9H10BrNO. The smallest absolute Gasteiger partial charge is 0.137 e. The molecule has 0 bridgehead atoms. The summed E-state index contributed by atoms with van der Waals surface area (Å²) in [6.45, 7) is 5.70. The number of hydrogen-bond donors (Lipinski definition) is 0. The molecule has 0 amide bonds. The predicted octanol–water partition coefficient (Wildman–Crippen LogP) is 2.77. The number of pyridine rings is 1. The number of aromatic nitrogens is 1. The van der Waals surface area contributed by atoms with E-state index in [1.807, 2.05) is 13.0 Å². The van der Waals surface area contributed by atoms with Gasteiger partial charge in [0.2, 0.25) is 0 Å². The van der Waals surface area contributed by atoms with Gasteiger partial charge in [0.15, 0.2) is 0 Å². The third-order valence-electron chi connectivity index (χ3n) is 1.56. The fraction of sp³-hybridized carbons (Fsp3) is 0.222. The normalized spacial score (nSPS) is 9.58. The highest BCUT2D eigenvalue weighted by Crippen LogP contribution is 2.18. The summed E-state index contributed by atoms with van der Waals surface area (Å²) in [7, 11) is 1.59. The van der Waals surface area contributed by atoms with E-state index in [1.165, 1.54) is 0 Å². The van der Waals surface area contributed by atoms with Crippen molar-refractivity contribution in [3.63, 3.8) is 0 Å². The van der Waals surface area contributed by atoms with E-state index in [9.17, 15) is 0 Å². The molecule has 1 heterocycles. The van der Waals surface area contributed by atoms with E-state index in [0.29, 0.717) is 5.76 Å². The molecule has 0 atom stereocenters.